The zero-order valence-electron chi connectivity index (χ0n) is 25.7. The lowest BCUT2D eigenvalue weighted by molar-refractivity contribution is -0.118. The lowest BCUT2D eigenvalue weighted by atomic mass is 9.87. The molecule has 1 N–H and O–H groups in total. The molecule has 1 saturated carbocycles. The SMILES string of the molecule is COC(=O)O[C@@H]1CN(S(=O)(=O)c2ccc(C(CC3CCCC3)C(=O)Nc3nc4ccc(-c5ccncc5)nc4s3)cc2)CCN1C. The molecule has 1 aliphatic carbocycles. The number of hydrogen-bond acceptors (Lipinski definition) is 11. The van der Waals surface area contributed by atoms with Crippen LogP contribution >= 0.6 is 11.3 Å². The molecule has 4 heterocycles. The van der Waals surface area contributed by atoms with Crippen molar-refractivity contribution in [1.29, 1.82) is 0 Å². The van der Waals surface area contributed by atoms with Gasteiger partial charge in [0.2, 0.25) is 15.9 Å². The minimum Gasteiger partial charge on any atom is -0.438 e. The number of likely N-dealkylation sites (N-methyl/N-ethyl adjacent to an activating group) is 1. The number of carbonyl (C=O) groups excluding carboxylic acids is 2. The number of nitrogens with one attached hydrogen (secondary N) is 1. The maximum absolute atomic E-state index is 13.8. The molecule has 1 aromatic carbocycles. The van der Waals surface area contributed by atoms with Gasteiger partial charge in [-0.15, -0.1) is 0 Å². The number of pyridine rings is 2. The van der Waals surface area contributed by atoms with E-state index in [0.717, 1.165) is 47.3 Å². The third-order valence-corrected chi connectivity index (χ3v) is 11.5. The van der Waals surface area contributed by atoms with Gasteiger partial charge in [-0.25, -0.2) is 23.2 Å². The molecule has 0 spiro atoms. The number of thiazole rings is 1. The topological polar surface area (TPSA) is 144 Å². The van der Waals surface area contributed by atoms with E-state index in [0.29, 0.717) is 29.5 Å². The van der Waals surface area contributed by atoms with Gasteiger partial charge in [0, 0.05) is 31.0 Å². The fourth-order valence-electron chi connectivity index (χ4n) is 6.06. The van der Waals surface area contributed by atoms with Gasteiger partial charge in [-0.3, -0.25) is 14.7 Å². The van der Waals surface area contributed by atoms with E-state index in [2.05, 4.69) is 20.0 Å². The predicted octanol–water partition coefficient (Wildman–Crippen LogP) is 5.10. The van der Waals surface area contributed by atoms with E-state index in [1.165, 1.54) is 22.8 Å². The molecule has 2 atom stereocenters. The van der Waals surface area contributed by atoms with Crippen molar-refractivity contribution in [2.45, 2.75) is 49.1 Å². The van der Waals surface area contributed by atoms with Crippen molar-refractivity contribution in [2.75, 3.05) is 39.1 Å². The second-order valence-corrected chi connectivity index (χ2v) is 14.6. The van der Waals surface area contributed by atoms with Crippen LogP contribution in [-0.4, -0.2) is 84.7 Å². The van der Waals surface area contributed by atoms with Crippen LogP contribution in [0.25, 0.3) is 21.6 Å². The fraction of sp³-hybridized carbons (Fsp3) is 0.406. The zero-order chi connectivity index (χ0) is 32.3. The van der Waals surface area contributed by atoms with Crippen LogP contribution in [0.1, 0.15) is 43.6 Å². The molecule has 4 aromatic rings. The minimum absolute atomic E-state index is 0.0243. The summed E-state index contributed by atoms with van der Waals surface area (Å²) < 4.78 is 38.3. The third-order valence-electron chi connectivity index (χ3n) is 8.69. The summed E-state index contributed by atoms with van der Waals surface area (Å²) in [4.78, 5) is 41.5. The van der Waals surface area contributed by atoms with Crippen LogP contribution in [0.15, 0.2) is 65.8 Å². The standard InChI is InChI=1S/C32H36N6O6S2/c1-37-17-18-38(20-28(37)44-32(40)43-2)46(41,42)24-9-7-22(8-10-24)25(19-21-5-3-4-6-21)29(39)36-31-35-27-12-11-26(34-30(27)45-31)23-13-15-33-16-14-23/h7-16,21,25,28H,3-6,17-20H2,1-2H3,(H,35,36,39)/t25?,28-/m1/s1. The number of aromatic nitrogens is 3. The molecule has 2 fully saturated rings. The summed E-state index contributed by atoms with van der Waals surface area (Å²) in [6.07, 6.45) is 6.88. The van der Waals surface area contributed by atoms with Gasteiger partial charge in [0.1, 0.15) is 10.3 Å². The van der Waals surface area contributed by atoms with Gasteiger partial charge >= 0.3 is 6.16 Å². The molecule has 6 rings (SSSR count). The number of carbonyl (C=O) groups is 2. The molecule has 12 nitrogen and oxygen atoms in total. The van der Waals surface area contributed by atoms with Crippen LogP contribution in [0.5, 0.6) is 0 Å². The number of fused-ring (bicyclic) bond motifs is 1. The number of hydrogen-bond donors (Lipinski definition) is 1. The van der Waals surface area contributed by atoms with Gasteiger partial charge in [0.05, 0.1) is 30.2 Å². The van der Waals surface area contributed by atoms with Gasteiger partial charge in [0.15, 0.2) is 11.4 Å². The number of amides is 1. The Bertz CT molecular complexity index is 1790. The Hall–Kier alpha value is -3.98. The maximum Gasteiger partial charge on any atom is 0.509 e. The number of rotatable bonds is 9. The average molecular weight is 665 g/mol. The highest BCUT2D eigenvalue weighted by Gasteiger charge is 2.35. The van der Waals surface area contributed by atoms with Crippen molar-refractivity contribution in [2.24, 2.45) is 5.92 Å². The molecular formula is C32H36N6O6S2. The summed E-state index contributed by atoms with van der Waals surface area (Å²) >= 11 is 1.32. The molecule has 3 aromatic heterocycles. The summed E-state index contributed by atoms with van der Waals surface area (Å²) in [5.41, 5.74) is 3.18. The molecule has 0 radical (unpaired) electrons. The summed E-state index contributed by atoms with van der Waals surface area (Å²) in [5.74, 6) is -0.248. The second-order valence-electron chi connectivity index (χ2n) is 11.6. The van der Waals surface area contributed by atoms with Crippen molar-refractivity contribution < 1.29 is 27.5 Å². The second kappa shape index (κ2) is 13.8. The van der Waals surface area contributed by atoms with E-state index in [9.17, 15) is 18.0 Å². The van der Waals surface area contributed by atoms with Crippen LogP contribution in [0.2, 0.25) is 0 Å². The van der Waals surface area contributed by atoms with Gasteiger partial charge in [-0.1, -0.05) is 49.2 Å². The number of methoxy groups -OCH3 is 1. The maximum atomic E-state index is 13.8. The van der Waals surface area contributed by atoms with E-state index < -0.39 is 28.3 Å². The quantitative estimate of drug-likeness (QED) is 0.240. The fourth-order valence-corrected chi connectivity index (χ4v) is 8.33. The van der Waals surface area contributed by atoms with Crippen LogP contribution in [0.4, 0.5) is 9.93 Å². The highest BCUT2D eigenvalue weighted by molar-refractivity contribution is 7.89. The van der Waals surface area contributed by atoms with Gasteiger partial charge in [-0.2, -0.15) is 4.31 Å². The number of sulfonamides is 1. The Morgan fingerprint density at radius 1 is 1.02 bits per heavy atom. The molecule has 1 amide bonds. The first-order valence-electron chi connectivity index (χ1n) is 15.2. The Morgan fingerprint density at radius 2 is 1.76 bits per heavy atom. The first kappa shape index (κ1) is 32.0. The van der Waals surface area contributed by atoms with Crippen molar-refractivity contribution in [1.82, 2.24) is 24.2 Å². The summed E-state index contributed by atoms with van der Waals surface area (Å²) in [6, 6.07) is 14.1. The Labute approximate surface area is 271 Å². The smallest absolute Gasteiger partial charge is 0.438 e. The Morgan fingerprint density at radius 3 is 2.48 bits per heavy atom. The third kappa shape index (κ3) is 7.04. The van der Waals surface area contributed by atoms with Gasteiger partial charge in [-0.05, 0) is 61.3 Å². The summed E-state index contributed by atoms with van der Waals surface area (Å²) in [7, 11) is -0.915. The molecule has 1 saturated heterocycles. The zero-order valence-corrected chi connectivity index (χ0v) is 27.3. The molecule has 1 unspecified atom stereocenters. The molecule has 2 aliphatic rings. The first-order valence-corrected chi connectivity index (χ1v) is 17.5. The number of piperazine rings is 1. The molecular weight excluding hydrogens is 629 g/mol. The number of anilines is 1. The highest BCUT2D eigenvalue weighted by Crippen LogP contribution is 2.36. The molecule has 0 bridgehead atoms. The first-order chi connectivity index (χ1) is 22.2. The number of ether oxygens (including phenoxy) is 2. The average Bonchev–Trinajstić information content (AvgIpc) is 3.74. The van der Waals surface area contributed by atoms with Crippen molar-refractivity contribution in [3.05, 3.63) is 66.5 Å². The molecule has 1 aliphatic heterocycles. The lowest BCUT2D eigenvalue weighted by Crippen LogP contribution is -2.54. The van der Waals surface area contributed by atoms with E-state index >= 15 is 0 Å². The monoisotopic (exact) mass is 664 g/mol. The minimum atomic E-state index is -3.88. The van der Waals surface area contributed by atoms with Crippen molar-refractivity contribution in [3.63, 3.8) is 0 Å². The van der Waals surface area contributed by atoms with E-state index in [4.69, 9.17) is 9.72 Å². The predicted molar refractivity (Wildman–Crippen MR) is 174 cm³/mol. The Balaban J connectivity index is 1.20. The largest absolute Gasteiger partial charge is 0.509 e. The van der Waals surface area contributed by atoms with Gasteiger partial charge < -0.3 is 14.8 Å². The van der Waals surface area contributed by atoms with E-state index in [-0.39, 0.29) is 23.9 Å². The van der Waals surface area contributed by atoms with Gasteiger partial charge in [0.25, 0.3) is 0 Å². The van der Waals surface area contributed by atoms with E-state index in [1.807, 2.05) is 24.3 Å². The van der Waals surface area contributed by atoms with Crippen LogP contribution in [0, 0.1) is 5.92 Å². The number of nitrogens with zero attached hydrogens (tertiary/aromatic N) is 5. The summed E-state index contributed by atoms with van der Waals surface area (Å²) in [6.45, 7) is 0.605. The molecule has 242 valence electrons. The Kier molecular flexibility index (Phi) is 9.59. The lowest BCUT2D eigenvalue weighted by Gasteiger charge is -2.37. The van der Waals surface area contributed by atoms with Crippen LogP contribution in [-0.2, 0) is 24.3 Å². The molecule has 46 heavy (non-hydrogen) atoms. The normalized spacial score (nSPS) is 18.8. The molecule has 14 heteroatoms. The summed E-state index contributed by atoms with van der Waals surface area (Å²) in [5, 5.41) is 3.49. The van der Waals surface area contributed by atoms with Crippen LogP contribution in [0.3, 0.4) is 0 Å². The van der Waals surface area contributed by atoms with Crippen molar-refractivity contribution in [3.8, 4) is 11.3 Å². The van der Waals surface area contributed by atoms with E-state index in [1.54, 1.807) is 48.6 Å². The van der Waals surface area contributed by atoms with Crippen LogP contribution < -0.4 is 5.32 Å². The number of benzene rings is 1. The highest BCUT2D eigenvalue weighted by atomic mass is 32.2. The van der Waals surface area contributed by atoms with Crippen molar-refractivity contribution >= 4 is 48.9 Å².